The van der Waals surface area contributed by atoms with Crippen molar-refractivity contribution in [1.82, 2.24) is 4.90 Å². The van der Waals surface area contributed by atoms with Gasteiger partial charge >= 0.3 is 0 Å². The van der Waals surface area contributed by atoms with Crippen molar-refractivity contribution < 1.29 is 14.6 Å². The van der Waals surface area contributed by atoms with Gasteiger partial charge in [-0.05, 0) is 38.1 Å². The van der Waals surface area contributed by atoms with Gasteiger partial charge in [0.25, 0.3) is 5.91 Å². The largest absolute Gasteiger partial charge is 0.497 e. The Morgan fingerprint density at radius 1 is 1.35 bits per heavy atom. The fourth-order valence-corrected chi connectivity index (χ4v) is 1.60. The monoisotopic (exact) mass is 237 g/mol. The molecule has 0 aromatic heterocycles. The van der Waals surface area contributed by atoms with E-state index < -0.39 is 0 Å². The zero-order chi connectivity index (χ0) is 12.8. The van der Waals surface area contributed by atoms with Crippen molar-refractivity contribution in [3.8, 4) is 5.75 Å². The van der Waals surface area contributed by atoms with Gasteiger partial charge in [0.1, 0.15) is 5.75 Å². The first-order chi connectivity index (χ1) is 8.10. The minimum absolute atomic E-state index is 0.0277. The van der Waals surface area contributed by atoms with Gasteiger partial charge in [-0.2, -0.15) is 0 Å². The molecule has 0 aliphatic rings. The van der Waals surface area contributed by atoms with Gasteiger partial charge in [-0.25, -0.2) is 0 Å². The number of rotatable bonds is 5. The predicted molar refractivity (Wildman–Crippen MR) is 66.3 cm³/mol. The van der Waals surface area contributed by atoms with Gasteiger partial charge in [-0.1, -0.05) is 0 Å². The molecule has 4 heteroatoms. The number of methoxy groups -OCH3 is 1. The average Bonchev–Trinajstić information content (AvgIpc) is 2.35. The first-order valence-electron chi connectivity index (χ1n) is 5.66. The Labute approximate surface area is 102 Å². The standard InChI is InChI=1S/C13H19NO3/c1-10(2)14(8-9-15)13(16)11-4-6-12(17-3)7-5-11/h4-7,10,15H,8-9H2,1-3H3. The molecule has 94 valence electrons. The van der Waals surface area contributed by atoms with Crippen molar-refractivity contribution >= 4 is 5.91 Å². The molecule has 0 radical (unpaired) electrons. The second-order valence-corrected chi connectivity index (χ2v) is 4.04. The van der Waals surface area contributed by atoms with Crippen molar-refractivity contribution in [2.75, 3.05) is 20.3 Å². The average molecular weight is 237 g/mol. The first kappa shape index (κ1) is 13.5. The zero-order valence-electron chi connectivity index (χ0n) is 10.5. The second kappa shape index (κ2) is 6.25. The summed E-state index contributed by atoms with van der Waals surface area (Å²) in [6, 6.07) is 7.04. The second-order valence-electron chi connectivity index (χ2n) is 4.04. The van der Waals surface area contributed by atoms with E-state index in [2.05, 4.69) is 0 Å². The highest BCUT2D eigenvalue weighted by Crippen LogP contribution is 2.14. The molecule has 0 unspecified atom stereocenters. The van der Waals surface area contributed by atoms with E-state index in [4.69, 9.17) is 9.84 Å². The van der Waals surface area contributed by atoms with E-state index in [0.29, 0.717) is 12.1 Å². The van der Waals surface area contributed by atoms with Crippen LogP contribution < -0.4 is 4.74 Å². The Hall–Kier alpha value is -1.55. The number of carbonyl (C=O) groups is 1. The fourth-order valence-electron chi connectivity index (χ4n) is 1.60. The first-order valence-corrected chi connectivity index (χ1v) is 5.66. The van der Waals surface area contributed by atoms with E-state index in [9.17, 15) is 4.79 Å². The number of hydrogen-bond acceptors (Lipinski definition) is 3. The molecule has 1 N–H and O–H groups in total. The molecule has 0 heterocycles. The summed E-state index contributed by atoms with van der Waals surface area (Å²) in [5.41, 5.74) is 0.605. The van der Waals surface area contributed by atoms with E-state index >= 15 is 0 Å². The maximum absolute atomic E-state index is 12.1. The van der Waals surface area contributed by atoms with Crippen molar-refractivity contribution in [3.05, 3.63) is 29.8 Å². The van der Waals surface area contributed by atoms with Crippen molar-refractivity contribution in [2.45, 2.75) is 19.9 Å². The van der Waals surface area contributed by atoms with E-state index in [-0.39, 0.29) is 18.6 Å². The number of amides is 1. The highest BCUT2D eigenvalue weighted by molar-refractivity contribution is 5.94. The SMILES string of the molecule is COc1ccc(C(=O)N(CCO)C(C)C)cc1. The van der Waals surface area contributed by atoms with Gasteiger partial charge in [0.15, 0.2) is 0 Å². The van der Waals surface area contributed by atoms with Crippen LogP contribution in [-0.4, -0.2) is 42.2 Å². The van der Waals surface area contributed by atoms with Crippen LogP contribution in [0.5, 0.6) is 5.75 Å². The summed E-state index contributed by atoms with van der Waals surface area (Å²) in [6.07, 6.45) is 0. The Morgan fingerprint density at radius 2 is 1.94 bits per heavy atom. The summed E-state index contributed by atoms with van der Waals surface area (Å²) in [7, 11) is 1.59. The van der Waals surface area contributed by atoms with Crippen LogP contribution in [0.1, 0.15) is 24.2 Å². The highest BCUT2D eigenvalue weighted by Gasteiger charge is 2.17. The molecule has 0 aliphatic carbocycles. The van der Waals surface area contributed by atoms with Gasteiger partial charge in [0.2, 0.25) is 0 Å². The minimum Gasteiger partial charge on any atom is -0.497 e. The van der Waals surface area contributed by atoms with Gasteiger partial charge in [0, 0.05) is 18.2 Å². The molecular weight excluding hydrogens is 218 g/mol. The summed E-state index contributed by atoms with van der Waals surface area (Å²) in [5.74, 6) is 0.650. The number of ether oxygens (including phenoxy) is 1. The Bertz CT molecular complexity index is 359. The van der Waals surface area contributed by atoms with Crippen LogP contribution >= 0.6 is 0 Å². The van der Waals surface area contributed by atoms with Crippen LogP contribution in [0, 0.1) is 0 Å². The van der Waals surface area contributed by atoms with E-state index in [1.54, 1.807) is 36.3 Å². The normalized spacial score (nSPS) is 10.4. The lowest BCUT2D eigenvalue weighted by atomic mass is 10.1. The number of benzene rings is 1. The summed E-state index contributed by atoms with van der Waals surface area (Å²) >= 11 is 0. The molecule has 0 saturated heterocycles. The van der Waals surface area contributed by atoms with E-state index in [0.717, 1.165) is 5.75 Å². The van der Waals surface area contributed by atoms with E-state index in [1.807, 2.05) is 13.8 Å². The van der Waals surface area contributed by atoms with Crippen LogP contribution in [-0.2, 0) is 0 Å². The molecule has 0 aliphatic heterocycles. The van der Waals surface area contributed by atoms with Crippen molar-refractivity contribution in [3.63, 3.8) is 0 Å². The Morgan fingerprint density at radius 3 is 2.35 bits per heavy atom. The fraction of sp³-hybridized carbons (Fsp3) is 0.462. The van der Waals surface area contributed by atoms with Gasteiger partial charge in [-0.15, -0.1) is 0 Å². The van der Waals surface area contributed by atoms with Gasteiger partial charge in [-0.3, -0.25) is 4.79 Å². The van der Waals surface area contributed by atoms with Gasteiger partial charge < -0.3 is 14.7 Å². The lowest BCUT2D eigenvalue weighted by Crippen LogP contribution is -2.38. The number of hydrogen-bond donors (Lipinski definition) is 1. The molecule has 4 nitrogen and oxygen atoms in total. The van der Waals surface area contributed by atoms with E-state index in [1.165, 1.54) is 0 Å². The summed E-state index contributed by atoms with van der Waals surface area (Å²) in [4.78, 5) is 13.8. The molecule has 1 aromatic carbocycles. The maximum Gasteiger partial charge on any atom is 0.254 e. The topological polar surface area (TPSA) is 49.8 Å². The molecule has 0 bridgehead atoms. The molecule has 1 amide bonds. The van der Waals surface area contributed by atoms with Gasteiger partial charge in [0.05, 0.1) is 13.7 Å². The highest BCUT2D eigenvalue weighted by atomic mass is 16.5. The zero-order valence-corrected chi connectivity index (χ0v) is 10.5. The molecule has 17 heavy (non-hydrogen) atoms. The minimum atomic E-state index is -0.0725. The van der Waals surface area contributed by atoms with Crippen molar-refractivity contribution in [2.24, 2.45) is 0 Å². The summed E-state index contributed by atoms with van der Waals surface area (Å²) < 4.78 is 5.04. The lowest BCUT2D eigenvalue weighted by molar-refractivity contribution is 0.0665. The Balaban J connectivity index is 2.85. The Kier molecular flexibility index (Phi) is 4.97. The van der Waals surface area contributed by atoms with Crippen LogP contribution in [0.25, 0.3) is 0 Å². The number of carbonyl (C=O) groups excluding carboxylic acids is 1. The number of aliphatic hydroxyl groups is 1. The molecule has 0 atom stereocenters. The molecule has 1 rings (SSSR count). The van der Waals surface area contributed by atoms with Crippen LogP contribution in [0.4, 0.5) is 0 Å². The molecule has 0 spiro atoms. The molecule has 1 aromatic rings. The third kappa shape index (κ3) is 3.46. The maximum atomic E-state index is 12.1. The summed E-state index contributed by atoms with van der Waals surface area (Å²) in [5, 5.41) is 8.95. The number of aliphatic hydroxyl groups excluding tert-OH is 1. The smallest absolute Gasteiger partial charge is 0.254 e. The van der Waals surface area contributed by atoms with Crippen LogP contribution in [0.2, 0.25) is 0 Å². The quantitative estimate of drug-likeness (QED) is 0.845. The summed E-state index contributed by atoms with van der Waals surface area (Å²) in [6.45, 7) is 4.18. The van der Waals surface area contributed by atoms with Crippen LogP contribution in [0.3, 0.4) is 0 Å². The van der Waals surface area contributed by atoms with Crippen molar-refractivity contribution in [1.29, 1.82) is 0 Å². The lowest BCUT2D eigenvalue weighted by Gasteiger charge is -2.26. The third-order valence-corrected chi connectivity index (χ3v) is 2.56. The third-order valence-electron chi connectivity index (χ3n) is 2.56. The predicted octanol–water partition coefficient (Wildman–Crippen LogP) is 1.54. The number of nitrogens with zero attached hydrogens (tertiary/aromatic N) is 1. The molecular formula is C13H19NO3. The molecule has 0 saturated carbocycles. The van der Waals surface area contributed by atoms with Crippen LogP contribution in [0.15, 0.2) is 24.3 Å². The molecule has 0 fully saturated rings.